The normalized spacial score (nSPS) is 10.4. The van der Waals surface area contributed by atoms with Gasteiger partial charge in [-0.3, -0.25) is 4.79 Å². The lowest BCUT2D eigenvalue weighted by Crippen LogP contribution is -1.97. The van der Waals surface area contributed by atoms with Crippen LogP contribution in [-0.2, 0) is 0 Å². The third-order valence-corrected chi connectivity index (χ3v) is 3.08. The standard InChI is InChI=1S/C16H13N3O/c1-12-5-7-13(8-6-12)16-14(11-20)10-19(18-16)15-4-2-3-9-17-15/h2-11H,1H3. The molecule has 0 unspecified atom stereocenters. The number of carbonyl (C=O) groups is 1. The molecule has 0 saturated carbocycles. The molecule has 3 rings (SSSR count). The van der Waals surface area contributed by atoms with Crippen LogP contribution in [0.1, 0.15) is 15.9 Å². The Morgan fingerprint density at radius 1 is 1.10 bits per heavy atom. The molecule has 0 aliphatic rings. The number of hydrogen-bond donors (Lipinski definition) is 0. The molecule has 98 valence electrons. The predicted octanol–water partition coefficient (Wildman–Crippen LogP) is 3.06. The fourth-order valence-electron chi connectivity index (χ4n) is 2.02. The van der Waals surface area contributed by atoms with Crippen molar-refractivity contribution in [2.45, 2.75) is 6.92 Å². The van der Waals surface area contributed by atoms with Crippen molar-refractivity contribution in [3.05, 3.63) is 66.0 Å². The number of aryl methyl sites for hydroxylation is 1. The largest absolute Gasteiger partial charge is 0.298 e. The zero-order valence-corrected chi connectivity index (χ0v) is 11.0. The Morgan fingerprint density at radius 3 is 2.55 bits per heavy atom. The molecule has 20 heavy (non-hydrogen) atoms. The third-order valence-electron chi connectivity index (χ3n) is 3.08. The molecule has 0 spiro atoms. The smallest absolute Gasteiger partial charge is 0.153 e. The van der Waals surface area contributed by atoms with Gasteiger partial charge in [-0.05, 0) is 19.1 Å². The van der Waals surface area contributed by atoms with E-state index in [9.17, 15) is 4.79 Å². The maximum Gasteiger partial charge on any atom is 0.153 e. The van der Waals surface area contributed by atoms with E-state index >= 15 is 0 Å². The van der Waals surface area contributed by atoms with Crippen LogP contribution in [0.4, 0.5) is 0 Å². The molecule has 0 aliphatic heterocycles. The average Bonchev–Trinajstić information content (AvgIpc) is 2.93. The first-order valence-corrected chi connectivity index (χ1v) is 6.31. The number of rotatable bonds is 3. The molecular formula is C16H13N3O. The van der Waals surface area contributed by atoms with Gasteiger partial charge in [0.1, 0.15) is 5.69 Å². The monoisotopic (exact) mass is 263 g/mol. The second kappa shape index (κ2) is 5.09. The van der Waals surface area contributed by atoms with E-state index in [4.69, 9.17) is 0 Å². The lowest BCUT2D eigenvalue weighted by Gasteiger charge is -2.00. The SMILES string of the molecule is Cc1ccc(-c2nn(-c3ccccn3)cc2C=O)cc1. The van der Waals surface area contributed by atoms with Gasteiger partial charge < -0.3 is 0 Å². The summed E-state index contributed by atoms with van der Waals surface area (Å²) in [6, 6.07) is 13.5. The summed E-state index contributed by atoms with van der Waals surface area (Å²) in [5.41, 5.74) is 3.32. The molecule has 0 radical (unpaired) electrons. The first-order valence-electron chi connectivity index (χ1n) is 6.31. The van der Waals surface area contributed by atoms with Crippen molar-refractivity contribution in [3.63, 3.8) is 0 Å². The number of aldehydes is 1. The highest BCUT2D eigenvalue weighted by Crippen LogP contribution is 2.22. The zero-order valence-electron chi connectivity index (χ0n) is 11.0. The van der Waals surface area contributed by atoms with Crippen LogP contribution in [0.5, 0.6) is 0 Å². The molecule has 2 heterocycles. The minimum absolute atomic E-state index is 0.555. The van der Waals surface area contributed by atoms with Crippen LogP contribution in [0, 0.1) is 6.92 Å². The maximum absolute atomic E-state index is 11.2. The number of hydrogen-bond acceptors (Lipinski definition) is 3. The van der Waals surface area contributed by atoms with Crippen molar-refractivity contribution in [2.24, 2.45) is 0 Å². The van der Waals surface area contributed by atoms with Gasteiger partial charge in [-0.15, -0.1) is 0 Å². The first kappa shape index (κ1) is 12.3. The molecule has 2 aromatic heterocycles. The molecular weight excluding hydrogens is 250 g/mol. The summed E-state index contributed by atoms with van der Waals surface area (Å²) < 4.78 is 1.62. The second-order valence-corrected chi connectivity index (χ2v) is 4.55. The second-order valence-electron chi connectivity index (χ2n) is 4.55. The molecule has 1 aromatic carbocycles. The van der Waals surface area contributed by atoms with Crippen molar-refractivity contribution in [3.8, 4) is 17.1 Å². The van der Waals surface area contributed by atoms with Crippen molar-refractivity contribution < 1.29 is 4.79 Å². The number of benzene rings is 1. The van der Waals surface area contributed by atoms with E-state index in [0.717, 1.165) is 11.8 Å². The van der Waals surface area contributed by atoms with Gasteiger partial charge >= 0.3 is 0 Å². The van der Waals surface area contributed by atoms with Crippen molar-refractivity contribution in [2.75, 3.05) is 0 Å². The highest BCUT2D eigenvalue weighted by molar-refractivity contribution is 5.85. The Hall–Kier alpha value is -2.75. The van der Waals surface area contributed by atoms with Gasteiger partial charge in [0.25, 0.3) is 0 Å². The van der Waals surface area contributed by atoms with Gasteiger partial charge in [-0.25, -0.2) is 9.67 Å². The predicted molar refractivity (Wildman–Crippen MR) is 76.9 cm³/mol. The Kier molecular flexibility index (Phi) is 3.13. The first-order chi connectivity index (χ1) is 9.78. The molecule has 4 heteroatoms. The summed E-state index contributed by atoms with van der Waals surface area (Å²) >= 11 is 0. The Balaban J connectivity index is 2.10. The van der Waals surface area contributed by atoms with Gasteiger partial charge in [0.2, 0.25) is 0 Å². The van der Waals surface area contributed by atoms with Crippen LogP contribution in [0.2, 0.25) is 0 Å². The van der Waals surface area contributed by atoms with E-state index in [-0.39, 0.29) is 0 Å². The van der Waals surface area contributed by atoms with Crippen molar-refractivity contribution in [1.29, 1.82) is 0 Å². The maximum atomic E-state index is 11.2. The zero-order chi connectivity index (χ0) is 13.9. The van der Waals surface area contributed by atoms with Crippen LogP contribution >= 0.6 is 0 Å². The van der Waals surface area contributed by atoms with E-state index in [1.54, 1.807) is 17.1 Å². The van der Waals surface area contributed by atoms with E-state index < -0.39 is 0 Å². The summed E-state index contributed by atoms with van der Waals surface area (Å²) in [5.74, 6) is 0.689. The molecule has 0 atom stereocenters. The van der Waals surface area contributed by atoms with E-state index in [2.05, 4.69) is 10.1 Å². The topological polar surface area (TPSA) is 47.8 Å². The molecule has 0 fully saturated rings. The molecule has 4 nitrogen and oxygen atoms in total. The number of aromatic nitrogens is 3. The molecule has 0 N–H and O–H groups in total. The number of nitrogens with zero attached hydrogens (tertiary/aromatic N) is 3. The summed E-state index contributed by atoms with van der Waals surface area (Å²) in [5, 5.41) is 4.47. The Morgan fingerprint density at radius 2 is 1.90 bits per heavy atom. The summed E-state index contributed by atoms with van der Waals surface area (Å²) in [6.45, 7) is 2.02. The molecule has 0 bridgehead atoms. The van der Waals surface area contributed by atoms with Crippen LogP contribution in [0.15, 0.2) is 54.9 Å². The summed E-state index contributed by atoms with van der Waals surface area (Å²) in [7, 11) is 0. The minimum atomic E-state index is 0.555. The van der Waals surface area contributed by atoms with E-state index in [0.29, 0.717) is 17.1 Å². The molecule has 0 saturated heterocycles. The van der Waals surface area contributed by atoms with Gasteiger partial charge in [-0.2, -0.15) is 5.10 Å². The van der Waals surface area contributed by atoms with Crippen LogP contribution in [0.25, 0.3) is 17.1 Å². The molecule has 0 aliphatic carbocycles. The fraction of sp³-hybridized carbons (Fsp3) is 0.0625. The van der Waals surface area contributed by atoms with Crippen LogP contribution in [-0.4, -0.2) is 21.1 Å². The Labute approximate surface area is 116 Å². The quantitative estimate of drug-likeness (QED) is 0.682. The van der Waals surface area contributed by atoms with Gasteiger partial charge in [-0.1, -0.05) is 35.9 Å². The van der Waals surface area contributed by atoms with Crippen LogP contribution < -0.4 is 0 Å². The van der Waals surface area contributed by atoms with E-state index in [1.165, 1.54) is 5.56 Å². The number of pyridine rings is 1. The lowest BCUT2D eigenvalue weighted by atomic mass is 10.1. The molecule has 3 aromatic rings. The van der Waals surface area contributed by atoms with Crippen molar-refractivity contribution >= 4 is 6.29 Å². The Bertz CT molecular complexity index is 730. The number of carbonyl (C=O) groups excluding carboxylic acids is 1. The fourth-order valence-corrected chi connectivity index (χ4v) is 2.02. The molecule has 0 amide bonds. The summed E-state index contributed by atoms with van der Waals surface area (Å²) in [6.07, 6.45) is 4.22. The third kappa shape index (κ3) is 2.23. The minimum Gasteiger partial charge on any atom is -0.298 e. The lowest BCUT2D eigenvalue weighted by molar-refractivity contribution is 0.112. The van der Waals surface area contributed by atoms with Gasteiger partial charge in [0.15, 0.2) is 12.1 Å². The van der Waals surface area contributed by atoms with Crippen molar-refractivity contribution in [1.82, 2.24) is 14.8 Å². The highest BCUT2D eigenvalue weighted by atomic mass is 16.1. The van der Waals surface area contributed by atoms with E-state index in [1.807, 2.05) is 49.4 Å². The van der Waals surface area contributed by atoms with Gasteiger partial charge in [0.05, 0.1) is 5.56 Å². The van der Waals surface area contributed by atoms with Gasteiger partial charge in [0, 0.05) is 18.0 Å². The van der Waals surface area contributed by atoms with Crippen LogP contribution in [0.3, 0.4) is 0 Å². The summed E-state index contributed by atoms with van der Waals surface area (Å²) in [4.78, 5) is 15.5. The highest BCUT2D eigenvalue weighted by Gasteiger charge is 2.11. The average molecular weight is 263 g/mol.